The second-order valence-electron chi connectivity index (χ2n) is 4.32. The SMILES string of the molecule is CCCNC1CCN(CCCCSC)C1=O. The molecule has 0 saturated carbocycles. The zero-order valence-electron chi connectivity index (χ0n) is 10.5. The first-order valence-corrected chi connectivity index (χ1v) is 7.70. The smallest absolute Gasteiger partial charge is 0.239 e. The van der Waals surface area contributed by atoms with Crippen LogP contribution in [0.1, 0.15) is 32.6 Å². The molecule has 1 saturated heterocycles. The van der Waals surface area contributed by atoms with E-state index >= 15 is 0 Å². The molecule has 1 atom stereocenters. The van der Waals surface area contributed by atoms with Crippen molar-refractivity contribution in [1.82, 2.24) is 10.2 Å². The van der Waals surface area contributed by atoms with E-state index in [1.165, 1.54) is 12.2 Å². The Kier molecular flexibility index (Phi) is 6.88. The highest BCUT2D eigenvalue weighted by Crippen LogP contribution is 2.12. The summed E-state index contributed by atoms with van der Waals surface area (Å²) in [6.45, 7) is 4.98. The zero-order valence-corrected chi connectivity index (χ0v) is 11.3. The van der Waals surface area contributed by atoms with Crippen LogP contribution in [0, 0.1) is 0 Å². The predicted octanol–water partition coefficient (Wildman–Crippen LogP) is 1.73. The molecule has 0 aromatic carbocycles. The molecule has 0 aromatic heterocycles. The van der Waals surface area contributed by atoms with Crippen molar-refractivity contribution in [3.8, 4) is 0 Å². The maximum atomic E-state index is 11.9. The Morgan fingerprint density at radius 3 is 3.00 bits per heavy atom. The van der Waals surface area contributed by atoms with Gasteiger partial charge in [-0.15, -0.1) is 0 Å². The van der Waals surface area contributed by atoms with Crippen molar-refractivity contribution < 1.29 is 4.79 Å². The minimum atomic E-state index is 0.0977. The third kappa shape index (κ3) is 4.34. The molecular weight excluding hydrogens is 220 g/mol. The van der Waals surface area contributed by atoms with Gasteiger partial charge in [-0.1, -0.05) is 6.92 Å². The normalized spacial score (nSPS) is 20.8. The van der Waals surface area contributed by atoms with Crippen molar-refractivity contribution in [2.75, 3.05) is 31.6 Å². The molecule has 1 aliphatic rings. The number of nitrogens with one attached hydrogen (secondary N) is 1. The van der Waals surface area contributed by atoms with E-state index < -0.39 is 0 Å². The first kappa shape index (κ1) is 13.8. The maximum absolute atomic E-state index is 11.9. The Morgan fingerprint density at radius 2 is 2.31 bits per heavy atom. The molecule has 0 bridgehead atoms. The van der Waals surface area contributed by atoms with Crippen LogP contribution in [-0.2, 0) is 4.79 Å². The standard InChI is InChI=1S/C12H24N2OS/c1-3-7-13-11-6-9-14(12(11)15)8-4-5-10-16-2/h11,13H,3-10H2,1-2H3. The lowest BCUT2D eigenvalue weighted by Gasteiger charge is -2.16. The number of amides is 1. The summed E-state index contributed by atoms with van der Waals surface area (Å²) in [6.07, 6.45) is 6.58. The first-order valence-electron chi connectivity index (χ1n) is 6.30. The van der Waals surface area contributed by atoms with Crippen molar-refractivity contribution >= 4 is 17.7 Å². The van der Waals surface area contributed by atoms with Crippen molar-refractivity contribution in [3.05, 3.63) is 0 Å². The van der Waals surface area contributed by atoms with Crippen LogP contribution in [0.25, 0.3) is 0 Å². The van der Waals surface area contributed by atoms with Gasteiger partial charge in [-0.05, 0) is 44.2 Å². The molecule has 3 nitrogen and oxygen atoms in total. The number of carbonyl (C=O) groups is 1. The summed E-state index contributed by atoms with van der Waals surface area (Å²) in [5, 5.41) is 3.32. The van der Waals surface area contributed by atoms with Crippen molar-refractivity contribution in [2.24, 2.45) is 0 Å². The van der Waals surface area contributed by atoms with Crippen molar-refractivity contribution in [2.45, 2.75) is 38.6 Å². The van der Waals surface area contributed by atoms with Crippen molar-refractivity contribution in [1.29, 1.82) is 0 Å². The minimum Gasteiger partial charge on any atom is -0.341 e. The molecule has 0 spiro atoms. The Hall–Kier alpha value is -0.220. The second-order valence-corrected chi connectivity index (χ2v) is 5.31. The summed E-state index contributed by atoms with van der Waals surface area (Å²) in [6, 6.07) is 0.0977. The predicted molar refractivity (Wildman–Crippen MR) is 70.9 cm³/mol. The van der Waals surface area contributed by atoms with Gasteiger partial charge in [0.15, 0.2) is 0 Å². The summed E-state index contributed by atoms with van der Waals surface area (Å²) in [5.41, 5.74) is 0. The molecule has 1 N–H and O–H groups in total. The Labute approximate surface area is 103 Å². The maximum Gasteiger partial charge on any atom is 0.239 e. The lowest BCUT2D eigenvalue weighted by Crippen LogP contribution is -2.38. The quantitative estimate of drug-likeness (QED) is 0.660. The minimum absolute atomic E-state index is 0.0977. The van der Waals surface area contributed by atoms with Crippen LogP contribution < -0.4 is 5.32 Å². The number of nitrogens with zero attached hydrogens (tertiary/aromatic N) is 1. The van der Waals surface area contributed by atoms with Gasteiger partial charge >= 0.3 is 0 Å². The number of hydrogen-bond acceptors (Lipinski definition) is 3. The summed E-state index contributed by atoms with van der Waals surface area (Å²) in [5.74, 6) is 1.53. The van der Waals surface area contributed by atoms with Gasteiger partial charge < -0.3 is 10.2 Å². The summed E-state index contributed by atoms with van der Waals surface area (Å²) >= 11 is 1.88. The van der Waals surface area contributed by atoms with Gasteiger partial charge in [-0.2, -0.15) is 11.8 Å². The fourth-order valence-electron chi connectivity index (χ4n) is 2.02. The number of thioether (sulfide) groups is 1. The highest BCUT2D eigenvalue weighted by molar-refractivity contribution is 7.98. The molecule has 0 radical (unpaired) electrons. The fraction of sp³-hybridized carbons (Fsp3) is 0.917. The molecule has 1 amide bonds. The van der Waals surface area contributed by atoms with Gasteiger partial charge in [0.2, 0.25) is 5.91 Å². The largest absolute Gasteiger partial charge is 0.341 e. The number of carbonyl (C=O) groups excluding carboxylic acids is 1. The van der Waals surface area contributed by atoms with Crippen LogP contribution in [0.5, 0.6) is 0 Å². The van der Waals surface area contributed by atoms with Crippen LogP contribution in [0.15, 0.2) is 0 Å². The average molecular weight is 244 g/mol. The van der Waals surface area contributed by atoms with Gasteiger partial charge in [0.25, 0.3) is 0 Å². The van der Waals surface area contributed by atoms with E-state index in [0.29, 0.717) is 5.91 Å². The van der Waals surface area contributed by atoms with E-state index in [4.69, 9.17) is 0 Å². The molecule has 94 valence electrons. The Bertz CT molecular complexity index is 211. The molecule has 4 heteroatoms. The molecule has 0 aromatic rings. The van der Waals surface area contributed by atoms with E-state index in [1.807, 2.05) is 16.7 Å². The van der Waals surface area contributed by atoms with Crippen LogP contribution in [0.3, 0.4) is 0 Å². The van der Waals surface area contributed by atoms with Gasteiger partial charge in [-0.3, -0.25) is 4.79 Å². The molecule has 1 rings (SSSR count). The highest BCUT2D eigenvalue weighted by Gasteiger charge is 2.30. The average Bonchev–Trinajstić information content (AvgIpc) is 2.64. The van der Waals surface area contributed by atoms with E-state index in [9.17, 15) is 4.79 Å². The monoisotopic (exact) mass is 244 g/mol. The van der Waals surface area contributed by atoms with Crippen LogP contribution >= 0.6 is 11.8 Å². The molecule has 1 heterocycles. The second kappa shape index (κ2) is 7.96. The lowest BCUT2D eigenvalue weighted by atomic mass is 10.2. The number of hydrogen-bond donors (Lipinski definition) is 1. The fourth-order valence-corrected chi connectivity index (χ4v) is 2.51. The van der Waals surface area contributed by atoms with E-state index in [2.05, 4.69) is 18.5 Å². The van der Waals surface area contributed by atoms with Crippen LogP contribution in [0.4, 0.5) is 0 Å². The van der Waals surface area contributed by atoms with Crippen LogP contribution in [0.2, 0.25) is 0 Å². The highest BCUT2D eigenvalue weighted by atomic mass is 32.2. The van der Waals surface area contributed by atoms with E-state index in [1.54, 1.807) is 0 Å². The van der Waals surface area contributed by atoms with Crippen LogP contribution in [-0.4, -0.2) is 48.5 Å². The van der Waals surface area contributed by atoms with E-state index in [-0.39, 0.29) is 6.04 Å². The topological polar surface area (TPSA) is 32.3 Å². The van der Waals surface area contributed by atoms with E-state index in [0.717, 1.165) is 38.9 Å². The lowest BCUT2D eigenvalue weighted by molar-refractivity contribution is -0.129. The number of rotatable bonds is 8. The molecule has 1 fully saturated rings. The number of unbranched alkanes of at least 4 members (excludes halogenated alkanes) is 1. The van der Waals surface area contributed by atoms with Gasteiger partial charge in [0.1, 0.15) is 0 Å². The molecule has 0 aliphatic carbocycles. The molecule has 1 aliphatic heterocycles. The molecular formula is C12H24N2OS. The first-order chi connectivity index (χ1) is 7.79. The summed E-state index contributed by atoms with van der Waals surface area (Å²) < 4.78 is 0. The van der Waals surface area contributed by atoms with Crippen molar-refractivity contribution in [3.63, 3.8) is 0 Å². The summed E-state index contributed by atoms with van der Waals surface area (Å²) in [4.78, 5) is 14.0. The summed E-state index contributed by atoms with van der Waals surface area (Å²) in [7, 11) is 0. The third-order valence-corrected chi connectivity index (χ3v) is 3.66. The molecule has 16 heavy (non-hydrogen) atoms. The Balaban J connectivity index is 2.17. The van der Waals surface area contributed by atoms with Gasteiger partial charge in [0.05, 0.1) is 6.04 Å². The zero-order chi connectivity index (χ0) is 11.8. The number of likely N-dealkylation sites (tertiary alicyclic amines) is 1. The third-order valence-electron chi connectivity index (χ3n) is 2.96. The van der Waals surface area contributed by atoms with Gasteiger partial charge in [-0.25, -0.2) is 0 Å². The molecule has 1 unspecified atom stereocenters. The van der Waals surface area contributed by atoms with Gasteiger partial charge in [0, 0.05) is 13.1 Å². The Morgan fingerprint density at radius 1 is 1.50 bits per heavy atom.